The van der Waals surface area contributed by atoms with Crippen LogP contribution in [-0.2, 0) is 7.05 Å². The van der Waals surface area contributed by atoms with Gasteiger partial charge in [0.2, 0.25) is 11.7 Å². The zero-order chi connectivity index (χ0) is 9.14. The average molecular weight is 170 g/mol. The molecule has 0 aliphatic rings. The minimum absolute atomic E-state index is 0.0153. The van der Waals surface area contributed by atoms with Gasteiger partial charge in [0.1, 0.15) is 0 Å². The van der Waals surface area contributed by atoms with E-state index in [9.17, 15) is 4.79 Å². The normalized spacial score (nSPS) is 9.83. The van der Waals surface area contributed by atoms with Crippen LogP contribution < -0.4 is 4.74 Å². The Hall–Kier alpha value is -1.52. The van der Waals surface area contributed by atoms with E-state index in [1.807, 2.05) is 6.92 Å². The molecule has 0 unspecified atom stereocenters. The Balaban J connectivity index is 2.92. The van der Waals surface area contributed by atoms with E-state index < -0.39 is 5.97 Å². The number of aryl methyl sites for hydroxylation is 1. The highest BCUT2D eigenvalue weighted by Crippen LogP contribution is 2.08. The minimum atomic E-state index is -1.05. The maximum absolute atomic E-state index is 10.5. The lowest BCUT2D eigenvalue weighted by Gasteiger charge is -1.93. The first-order valence-electron chi connectivity index (χ1n) is 3.54. The van der Waals surface area contributed by atoms with Crippen LogP contribution in [0.2, 0.25) is 0 Å². The lowest BCUT2D eigenvalue weighted by atomic mass is 10.6. The van der Waals surface area contributed by atoms with Gasteiger partial charge >= 0.3 is 5.97 Å². The van der Waals surface area contributed by atoms with Gasteiger partial charge in [-0.1, -0.05) is 0 Å². The fourth-order valence-electron chi connectivity index (χ4n) is 0.855. The molecule has 0 saturated carbocycles. The van der Waals surface area contributed by atoms with Gasteiger partial charge in [0.15, 0.2) is 0 Å². The number of hydrogen-bond donors (Lipinski definition) is 1. The van der Waals surface area contributed by atoms with Gasteiger partial charge in [0, 0.05) is 7.05 Å². The Morgan fingerprint density at radius 1 is 1.83 bits per heavy atom. The van der Waals surface area contributed by atoms with E-state index in [2.05, 4.69) is 4.98 Å². The van der Waals surface area contributed by atoms with E-state index in [-0.39, 0.29) is 5.82 Å². The maximum atomic E-state index is 10.5. The van der Waals surface area contributed by atoms with E-state index in [1.165, 1.54) is 10.8 Å². The SMILES string of the molecule is CCOc1cn(C)c(C(=O)O)n1. The van der Waals surface area contributed by atoms with Gasteiger partial charge in [-0.3, -0.25) is 0 Å². The van der Waals surface area contributed by atoms with Crippen molar-refractivity contribution in [2.24, 2.45) is 7.05 Å². The molecule has 0 aliphatic carbocycles. The zero-order valence-electron chi connectivity index (χ0n) is 6.94. The van der Waals surface area contributed by atoms with Crippen molar-refractivity contribution < 1.29 is 14.6 Å². The first-order valence-corrected chi connectivity index (χ1v) is 3.54. The summed E-state index contributed by atoms with van der Waals surface area (Å²) >= 11 is 0. The van der Waals surface area contributed by atoms with Gasteiger partial charge in [-0.2, -0.15) is 4.98 Å². The largest absolute Gasteiger partial charge is 0.477 e. The zero-order valence-corrected chi connectivity index (χ0v) is 6.94. The number of ether oxygens (including phenoxy) is 1. The third-order valence-electron chi connectivity index (χ3n) is 1.34. The smallest absolute Gasteiger partial charge is 0.372 e. The standard InChI is InChI=1S/C7H10N2O3/c1-3-12-5-4-9(2)6(8-5)7(10)11/h4H,3H2,1-2H3,(H,10,11). The number of hydrogen-bond acceptors (Lipinski definition) is 3. The molecule has 0 amide bonds. The number of imidazole rings is 1. The third-order valence-corrected chi connectivity index (χ3v) is 1.34. The summed E-state index contributed by atoms with van der Waals surface area (Å²) in [5.74, 6) is -0.723. The Bertz CT molecular complexity index is 293. The molecular weight excluding hydrogens is 160 g/mol. The van der Waals surface area contributed by atoms with Crippen LogP contribution in [0.3, 0.4) is 0 Å². The highest BCUT2D eigenvalue weighted by Gasteiger charge is 2.11. The molecule has 5 heteroatoms. The van der Waals surface area contributed by atoms with Gasteiger partial charge in [-0.25, -0.2) is 4.79 Å². The predicted octanol–water partition coefficient (Wildman–Crippen LogP) is 0.517. The van der Waals surface area contributed by atoms with Crippen molar-refractivity contribution in [3.63, 3.8) is 0 Å². The molecule has 1 N–H and O–H groups in total. The highest BCUT2D eigenvalue weighted by atomic mass is 16.5. The molecule has 0 radical (unpaired) electrons. The molecule has 1 rings (SSSR count). The summed E-state index contributed by atoms with van der Waals surface area (Å²) < 4.78 is 6.43. The maximum Gasteiger partial charge on any atom is 0.372 e. The molecule has 0 fully saturated rings. The van der Waals surface area contributed by atoms with Crippen LogP contribution >= 0.6 is 0 Å². The molecule has 1 aromatic heterocycles. The van der Waals surface area contributed by atoms with E-state index in [4.69, 9.17) is 9.84 Å². The van der Waals surface area contributed by atoms with Gasteiger partial charge in [-0.05, 0) is 6.92 Å². The fourth-order valence-corrected chi connectivity index (χ4v) is 0.855. The van der Waals surface area contributed by atoms with Crippen molar-refractivity contribution >= 4 is 5.97 Å². The second-order valence-electron chi connectivity index (χ2n) is 2.25. The number of aromatic nitrogens is 2. The summed E-state index contributed by atoms with van der Waals surface area (Å²) in [7, 11) is 1.61. The van der Waals surface area contributed by atoms with Crippen LogP contribution in [0.5, 0.6) is 5.88 Å². The van der Waals surface area contributed by atoms with Crippen LogP contribution in [0.4, 0.5) is 0 Å². The summed E-state index contributed by atoms with van der Waals surface area (Å²) in [6.07, 6.45) is 1.53. The summed E-state index contributed by atoms with van der Waals surface area (Å²) in [5, 5.41) is 8.61. The summed E-state index contributed by atoms with van der Waals surface area (Å²) in [4.78, 5) is 14.2. The van der Waals surface area contributed by atoms with Crippen molar-refractivity contribution in [3.8, 4) is 5.88 Å². The molecule has 66 valence electrons. The van der Waals surface area contributed by atoms with E-state index in [0.717, 1.165) is 0 Å². The molecule has 0 spiro atoms. The highest BCUT2D eigenvalue weighted by molar-refractivity contribution is 5.83. The Kier molecular flexibility index (Phi) is 2.32. The van der Waals surface area contributed by atoms with E-state index >= 15 is 0 Å². The van der Waals surface area contributed by atoms with Gasteiger partial charge < -0.3 is 14.4 Å². The number of carboxylic acids is 1. The average Bonchev–Trinajstić information content (AvgIpc) is 2.32. The van der Waals surface area contributed by atoms with Crippen molar-refractivity contribution in [2.45, 2.75) is 6.92 Å². The minimum Gasteiger partial charge on any atom is -0.477 e. The molecular formula is C7H10N2O3. The molecule has 1 heterocycles. The summed E-state index contributed by atoms with van der Waals surface area (Å²) in [5.41, 5.74) is 0. The first kappa shape index (κ1) is 8.58. The van der Waals surface area contributed by atoms with Crippen LogP contribution in [0.15, 0.2) is 6.20 Å². The lowest BCUT2D eigenvalue weighted by Crippen LogP contribution is -2.05. The van der Waals surface area contributed by atoms with Crippen LogP contribution in [0.25, 0.3) is 0 Å². The number of carbonyl (C=O) groups is 1. The molecule has 0 aromatic carbocycles. The predicted molar refractivity (Wildman–Crippen MR) is 41.3 cm³/mol. The van der Waals surface area contributed by atoms with Crippen molar-refractivity contribution in [1.82, 2.24) is 9.55 Å². The van der Waals surface area contributed by atoms with Crippen molar-refractivity contribution in [3.05, 3.63) is 12.0 Å². The van der Waals surface area contributed by atoms with Crippen molar-refractivity contribution in [2.75, 3.05) is 6.61 Å². The Labute approximate surface area is 69.6 Å². The molecule has 0 atom stereocenters. The van der Waals surface area contributed by atoms with Crippen LogP contribution in [0, 0.1) is 0 Å². The molecule has 0 saturated heterocycles. The quantitative estimate of drug-likeness (QED) is 0.718. The van der Waals surface area contributed by atoms with Gasteiger partial charge in [0.05, 0.1) is 12.8 Å². The second kappa shape index (κ2) is 3.25. The molecule has 1 aromatic rings. The van der Waals surface area contributed by atoms with Crippen molar-refractivity contribution in [1.29, 1.82) is 0 Å². The number of carboxylic acid groups (broad SMARTS) is 1. The molecule has 0 bridgehead atoms. The number of nitrogens with zero attached hydrogens (tertiary/aromatic N) is 2. The third kappa shape index (κ3) is 1.55. The summed E-state index contributed by atoms with van der Waals surface area (Å²) in [6, 6.07) is 0. The second-order valence-corrected chi connectivity index (χ2v) is 2.25. The Morgan fingerprint density at radius 3 is 2.92 bits per heavy atom. The first-order chi connectivity index (χ1) is 5.65. The van der Waals surface area contributed by atoms with E-state index in [1.54, 1.807) is 7.05 Å². The number of aromatic carboxylic acids is 1. The van der Waals surface area contributed by atoms with E-state index in [0.29, 0.717) is 12.5 Å². The fraction of sp³-hybridized carbons (Fsp3) is 0.429. The monoisotopic (exact) mass is 170 g/mol. The van der Waals surface area contributed by atoms with Crippen LogP contribution in [-0.4, -0.2) is 27.2 Å². The van der Waals surface area contributed by atoms with Gasteiger partial charge in [-0.15, -0.1) is 0 Å². The summed E-state index contributed by atoms with van der Waals surface area (Å²) in [6.45, 7) is 2.30. The topological polar surface area (TPSA) is 64.3 Å². The lowest BCUT2D eigenvalue weighted by molar-refractivity contribution is 0.0679. The number of rotatable bonds is 3. The Morgan fingerprint density at radius 2 is 2.50 bits per heavy atom. The van der Waals surface area contributed by atoms with Gasteiger partial charge in [0.25, 0.3) is 0 Å². The molecule has 12 heavy (non-hydrogen) atoms. The van der Waals surface area contributed by atoms with Crippen LogP contribution in [0.1, 0.15) is 17.5 Å². The molecule has 5 nitrogen and oxygen atoms in total. The molecule has 0 aliphatic heterocycles.